The fraction of sp³-hybridized carbons (Fsp3) is 0.714. The molecule has 0 bridgehead atoms. The standard InChI is InChI=1S/C14H25N5/c1-4-6-18-7-9-19(10-8-18)14-11-13(15-5-2)16-12(3)17-14/h11H,4-10H2,1-3H3,(H,15,16,17). The van der Waals surface area contributed by atoms with E-state index >= 15 is 0 Å². The van der Waals surface area contributed by atoms with Crippen molar-refractivity contribution in [2.75, 3.05) is 49.5 Å². The number of anilines is 2. The summed E-state index contributed by atoms with van der Waals surface area (Å²) in [5.74, 6) is 2.82. The summed E-state index contributed by atoms with van der Waals surface area (Å²) >= 11 is 0. The maximum Gasteiger partial charge on any atom is 0.134 e. The molecule has 1 aromatic rings. The molecule has 0 radical (unpaired) electrons. The SMILES string of the molecule is CCCN1CCN(c2cc(NCC)nc(C)n2)CC1. The Kier molecular flexibility index (Phi) is 4.96. The van der Waals surface area contributed by atoms with E-state index in [1.54, 1.807) is 0 Å². The third-order valence-corrected chi connectivity index (χ3v) is 3.42. The van der Waals surface area contributed by atoms with E-state index in [0.29, 0.717) is 0 Å². The topological polar surface area (TPSA) is 44.3 Å². The van der Waals surface area contributed by atoms with Gasteiger partial charge >= 0.3 is 0 Å². The van der Waals surface area contributed by atoms with Gasteiger partial charge in [-0.2, -0.15) is 0 Å². The highest BCUT2D eigenvalue weighted by Crippen LogP contribution is 2.17. The molecule has 0 aliphatic carbocycles. The van der Waals surface area contributed by atoms with Crippen molar-refractivity contribution in [1.29, 1.82) is 0 Å². The Bertz CT molecular complexity index is 399. The summed E-state index contributed by atoms with van der Waals surface area (Å²) in [4.78, 5) is 13.9. The molecule has 19 heavy (non-hydrogen) atoms. The molecule has 2 heterocycles. The largest absolute Gasteiger partial charge is 0.370 e. The van der Waals surface area contributed by atoms with Gasteiger partial charge in [-0.1, -0.05) is 6.92 Å². The molecule has 0 aromatic carbocycles. The predicted molar refractivity (Wildman–Crippen MR) is 79.9 cm³/mol. The molecule has 0 atom stereocenters. The van der Waals surface area contributed by atoms with E-state index < -0.39 is 0 Å². The Hall–Kier alpha value is -1.36. The Morgan fingerprint density at radius 1 is 1.16 bits per heavy atom. The number of piperazine rings is 1. The van der Waals surface area contributed by atoms with Gasteiger partial charge in [0.25, 0.3) is 0 Å². The predicted octanol–water partition coefficient (Wildman–Crippen LogP) is 1.75. The first-order valence-corrected chi connectivity index (χ1v) is 7.29. The average molecular weight is 263 g/mol. The van der Waals surface area contributed by atoms with Crippen molar-refractivity contribution in [2.45, 2.75) is 27.2 Å². The van der Waals surface area contributed by atoms with Crippen LogP contribution in [0, 0.1) is 6.92 Å². The van der Waals surface area contributed by atoms with Crippen LogP contribution in [0.2, 0.25) is 0 Å². The van der Waals surface area contributed by atoms with Crippen LogP contribution in [0.15, 0.2) is 6.07 Å². The number of rotatable bonds is 5. The molecule has 1 fully saturated rings. The minimum atomic E-state index is 0.837. The van der Waals surface area contributed by atoms with Crippen molar-refractivity contribution in [1.82, 2.24) is 14.9 Å². The van der Waals surface area contributed by atoms with Crippen molar-refractivity contribution in [3.05, 3.63) is 11.9 Å². The molecule has 106 valence electrons. The first kappa shape index (κ1) is 14.1. The highest BCUT2D eigenvalue weighted by atomic mass is 15.3. The molecular formula is C14H25N5. The molecule has 0 amide bonds. The highest BCUT2D eigenvalue weighted by Gasteiger charge is 2.18. The Morgan fingerprint density at radius 2 is 1.89 bits per heavy atom. The van der Waals surface area contributed by atoms with Gasteiger partial charge in [-0.05, 0) is 26.8 Å². The Balaban J connectivity index is 2.02. The first-order chi connectivity index (χ1) is 9.22. The zero-order valence-corrected chi connectivity index (χ0v) is 12.3. The fourth-order valence-electron chi connectivity index (χ4n) is 2.50. The summed E-state index contributed by atoms with van der Waals surface area (Å²) < 4.78 is 0. The van der Waals surface area contributed by atoms with Crippen LogP contribution in [0.1, 0.15) is 26.1 Å². The van der Waals surface area contributed by atoms with Crippen LogP contribution in [0.5, 0.6) is 0 Å². The normalized spacial score (nSPS) is 16.7. The lowest BCUT2D eigenvalue weighted by Crippen LogP contribution is -2.46. The van der Waals surface area contributed by atoms with Crippen molar-refractivity contribution in [3.8, 4) is 0 Å². The summed E-state index contributed by atoms with van der Waals surface area (Å²) in [5, 5.41) is 3.27. The second-order valence-corrected chi connectivity index (χ2v) is 5.02. The van der Waals surface area contributed by atoms with E-state index in [2.05, 4.69) is 45.0 Å². The van der Waals surface area contributed by atoms with Gasteiger partial charge in [0.05, 0.1) is 0 Å². The average Bonchev–Trinajstić information content (AvgIpc) is 2.40. The highest BCUT2D eigenvalue weighted by molar-refractivity contribution is 5.49. The van der Waals surface area contributed by atoms with Gasteiger partial charge in [-0.15, -0.1) is 0 Å². The van der Waals surface area contributed by atoms with E-state index in [4.69, 9.17) is 0 Å². The second kappa shape index (κ2) is 6.70. The van der Waals surface area contributed by atoms with Crippen molar-refractivity contribution in [2.24, 2.45) is 0 Å². The number of aromatic nitrogens is 2. The maximum absolute atomic E-state index is 4.57. The van der Waals surface area contributed by atoms with Crippen molar-refractivity contribution in [3.63, 3.8) is 0 Å². The molecule has 0 spiro atoms. The van der Waals surface area contributed by atoms with Crippen LogP contribution in [-0.4, -0.2) is 54.1 Å². The summed E-state index contributed by atoms with van der Waals surface area (Å²) in [6.45, 7) is 12.8. The molecule has 1 aliphatic rings. The van der Waals surface area contributed by atoms with Crippen LogP contribution in [0.3, 0.4) is 0 Å². The third kappa shape index (κ3) is 3.80. The summed E-state index contributed by atoms with van der Waals surface area (Å²) in [6.07, 6.45) is 1.23. The molecule has 1 aromatic heterocycles. The lowest BCUT2D eigenvalue weighted by Gasteiger charge is -2.35. The third-order valence-electron chi connectivity index (χ3n) is 3.42. The quantitative estimate of drug-likeness (QED) is 0.877. The molecular weight excluding hydrogens is 238 g/mol. The Labute approximate surface area is 116 Å². The fourth-order valence-corrected chi connectivity index (χ4v) is 2.50. The van der Waals surface area contributed by atoms with Gasteiger partial charge < -0.3 is 10.2 Å². The minimum Gasteiger partial charge on any atom is -0.370 e. The summed E-state index contributed by atoms with van der Waals surface area (Å²) in [7, 11) is 0. The molecule has 0 saturated carbocycles. The van der Waals surface area contributed by atoms with Crippen LogP contribution in [0.25, 0.3) is 0 Å². The zero-order valence-electron chi connectivity index (χ0n) is 12.3. The van der Waals surface area contributed by atoms with Crippen LogP contribution in [0.4, 0.5) is 11.6 Å². The van der Waals surface area contributed by atoms with Gasteiger partial charge in [0.1, 0.15) is 17.5 Å². The number of nitrogens with zero attached hydrogens (tertiary/aromatic N) is 4. The monoisotopic (exact) mass is 263 g/mol. The van der Waals surface area contributed by atoms with Gasteiger partial charge in [0.2, 0.25) is 0 Å². The van der Waals surface area contributed by atoms with Crippen LogP contribution < -0.4 is 10.2 Å². The lowest BCUT2D eigenvalue weighted by atomic mass is 10.3. The van der Waals surface area contributed by atoms with Crippen molar-refractivity contribution >= 4 is 11.6 Å². The zero-order chi connectivity index (χ0) is 13.7. The summed E-state index contributed by atoms with van der Waals surface area (Å²) in [5.41, 5.74) is 0. The van der Waals surface area contributed by atoms with E-state index in [1.165, 1.54) is 13.0 Å². The second-order valence-electron chi connectivity index (χ2n) is 5.02. The smallest absolute Gasteiger partial charge is 0.134 e. The number of hydrogen-bond acceptors (Lipinski definition) is 5. The van der Waals surface area contributed by atoms with Crippen LogP contribution >= 0.6 is 0 Å². The molecule has 0 unspecified atom stereocenters. The molecule has 1 aliphatic heterocycles. The number of nitrogens with one attached hydrogen (secondary N) is 1. The van der Waals surface area contributed by atoms with E-state index in [-0.39, 0.29) is 0 Å². The maximum atomic E-state index is 4.57. The Morgan fingerprint density at radius 3 is 2.53 bits per heavy atom. The number of aryl methyl sites for hydroxylation is 1. The summed E-state index contributed by atoms with van der Waals surface area (Å²) in [6, 6.07) is 2.06. The van der Waals surface area contributed by atoms with Crippen molar-refractivity contribution < 1.29 is 0 Å². The first-order valence-electron chi connectivity index (χ1n) is 7.29. The van der Waals surface area contributed by atoms with Gasteiger partial charge in [0, 0.05) is 38.8 Å². The number of hydrogen-bond donors (Lipinski definition) is 1. The molecule has 5 nitrogen and oxygen atoms in total. The van der Waals surface area contributed by atoms with Crippen LogP contribution in [-0.2, 0) is 0 Å². The van der Waals surface area contributed by atoms with E-state index in [1.807, 2.05) is 6.92 Å². The minimum absolute atomic E-state index is 0.837. The molecule has 1 saturated heterocycles. The van der Waals surface area contributed by atoms with Gasteiger partial charge in [-0.3, -0.25) is 4.90 Å². The molecule has 5 heteroatoms. The lowest BCUT2D eigenvalue weighted by molar-refractivity contribution is 0.258. The van der Waals surface area contributed by atoms with Gasteiger partial charge in [0.15, 0.2) is 0 Å². The van der Waals surface area contributed by atoms with Gasteiger partial charge in [-0.25, -0.2) is 9.97 Å². The van der Waals surface area contributed by atoms with E-state index in [0.717, 1.165) is 50.2 Å². The van der Waals surface area contributed by atoms with E-state index in [9.17, 15) is 0 Å². The molecule has 2 rings (SSSR count). The molecule has 1 N–H and O–H groups in total.